The Bertz CT molecular complexity index is 344. The Hall–Kier alpha value is -0.530. The molecule has 0 amide bonds. The van der Waals surface area contributed by atoms with Crippen molar-refractivity contribution in [2.75, 3.05) is 6.54 Å². The molecule has 1 N–H and O–H groups in total. The monoisotopic (exact) mass is 237 g/mol. The van der Waals surface area contributed by atoms with Crippen LogP contribution in [0.25, 0.3) is 0 Å². The SMILES string of the molecule is Cl.c1ccc2c(c1)CCCC2C1CCCN1. The Morgan fingerprint density at radius 2 is 1.94 bits per heavy atom. The molecular weight excluding hydrogens is 218 g/mol. The van der Waals surface area contributed by atoms with Gasteiger partial charge in [-0.05, 0) is 55.7 Å². The second-order valence-corrected chi connectivity index (χ2v) is 4.90. The van der Waals surface area contributed by atoms with Crippen molar-refractivity contribution in [1.82, 2.24) is 5.32 Å². The normalized spacial score (nSPS) is 28.2. The van der Waals surface area contributed by atoms with E-state index in [4.69, 9.17) is 0 Å². The van der Waals surface area contributed by atoms with Gasteiger partial charge in [0.15, 0.2) is 0 Å². The standard InChI is InChI=1S/C14H19N.ClH/c1-2-7-12-11(5-1)6-3-8-13(12)14-9-4-10-15-14;/h1-2,5,7,13-15H,3-4,6,8-10H2;1H. The van der Waals surface area contributed by atoms with Crippen molar-refractivity contribution in [2.45, 2.75) is 44.1 Å². The summed E-state index contributed by atoms with van der Waals surface area (Å²) in [6.07, 6.45) is 6.79. The topological polar surface area (TPSA) is 12.0 Å². The molecule has 1 aromatic carbocycles. The van der Waals surface area contributed by atoms with Gasteiger partial charge in [-0.2, -0.15) is 0 Å². The van der Waals surface area contributed by atoms with E-state index in [0.717, 1.165) is 12.0 Å². The quantitative estimate of drug-likeness (QED) is 0.791. The van der Waals surface area contributed by atoms with E-state index in [1.807, 2.05) is 0 Å². The van der Waals surface area contributed by atoms with Crippen molar-refractivity contribution < 1.29 is 0 Å². The highest BCUT2D eigenvalue weighted by Gasteiger charge is 2.29. The van der Waals surface area contributed by atoms with Gasteiger partial charge >= 0.3 is 0 Å². The molecule has 1 saturated heterocycles. The van der Waals surface area contributed by atoms with Crippen LogP contribution in [0.4, 0.5) is 0 Å². The molecule has 0 saturated carbocycles. The highest BCUT2D eigenvalue weighted by atomic mass is 35.5. The van der Waals surface area contributed by atoms with Gasteiger partial charge in [-0.1, -0.05) is 24.3 Å². The molecule has 2 atom stereocenters. The van der Waals surface area contributed by atoms with E-state index in [0.29, 0.717) is 0 Å². The summed E-state index contributed by atoms with van der Waals surface area (Å²) in [5.41, 5.74) is 3.23. The maximum absolute atomic E-state index is 3.67. The number of benzene rings is 1. The van der Waals surface area contributed by atoms with E-state index < -0.39 is 0 Å². The predicted octanol–water partition coefficient (Wildman–Crippen LogP) is 3.28. The Labute approximate surface area is 104 Å². The van der Waals surface area contributed by atoms with Gasteiger partial charge in [0, 0.05) is 6.04 Å². The molecule has 1 heterocycles. The van der Waals surface area contributed by atoms with E-state index >= 15 is 0 Å². The number of halogens is 1. The molecule has 2 heteroatoms. The summed E-state index contributed by atoms with van der Waals surface area (Å²) in [5, 5.41) is 3.67. The molecule has 2 aliphatic rings. The van der Waals surface area contributed by atoms with Crippen molar-refractivity contribution in [2.24, 2.45) is 0 Å². The van der Waals surface area contributed by atoms with Crippen molar-refractivity contribution in [3.05, 3.63) is 35.4 Å². The zero-order valence-corrected chi connectivity index (χ0v) is 10.4. The smallest absolute Gasteiger partial charge is 0.0136 e. The molecule has 0 bridgehead atoms. The number of fused-ring (bicyclic) bond motifs is 1. The molecule has 16 heavy (non-hydrogen) atoms. The minimum absolute atomic E-state index is 0. The van der Waals surface area contributed by atoms with Crippen LogP contribution in [0.3, 0.4) is 0 Å². The average Bonchev–Trinajstić information content (AvgIpc) is 2.82. The molecule has 1 aliphatic heterocycles. The number of hydrogen-bond donors (Lipinski definition) is 1. The summed E-state index contributed by atoms with van der Waals surface area (Å²) in [6.45, 7) is 1.23. The average molecular weight is 238 g/mol. The van der Waals surface area contributed by atoms with Crippen LogP contribution >= 0.6 is 12.4 Å². The maximum atomic E-state index is 3.67. The highest BCUT2D eigenvalue weighted by molar-refractivity contribution is 5.85. The highest BCUT2D eigenvalue weighted by Crippen LogP contribution is 2.36. The van der Waals surface area contributed by atoms with Crippen molar-refractivity contribution in [3.8, 4) is 0 Å². The van der Waals surface area contributed by atoms with Gasteiger partial charge in [-0.15, -0.1) is 12.4 Å². The first-order chi connectivity index (χ1) is 7.45. The number of rotatable bonds is 1. The van der Waals surface area contributed by atoms with Crippen LogP contribution in [0.1, 0.15) is 42.7 Å². The Kier molecular flexibility index (Phi) is 3.88. The first kappa shape index (κ1) is 11.9. The second kappa shape index (κ2) is 5.20. The fourth-order valence-electron chi connectivity index (χ4n) is 3.26. The largest absolute Gasteiger partial charge is 0.313 e. The molecule has 0 radical (unpaired) electrons. The fraction of sp³-hybridized carbons (Fsp3) is 0.571. The number of hydrogen-bond acceptors (Lipinski definition) is 1. The zero-order chi connectivity index (χ0) is 10.1. The lowest BCUT2D eigenvalue weighted by Gasteiger charge is -2.30. The van der Waals surface area contributed by atoms with Gasteiger partial charge < -0.3 is 5.32 Å². The summed E-state index contributed by atoms with van der Waals surface area (Å²) in [4.78, 5) is 0. The summed E-state index contributed by atoms with van der Waals surface area (Å²) >= 11 is 0. The van der Waals surface area contributed by atoms with Gasteiger partial charge in [-0.3, -0.25) is 0 Å². The Morgan fingerprint density at radius 1 is 1.06 bits per heavy atom. The van der Waals surface area contributed by atoms with Crippen LogP contribution in [0.5, 0.6) is 0 Å². The van der Waals surface area contributed by atoms with Crippen LogP contribution in [0, 0.1) is 0 Å². The van der Waals surface area contributed by atoms with Gasteiger partial charge in [0.05, 0.1) is 0 Å². The summed E-state index contributed by atoms with van der Waals surface area (Å²) < 4.78 is 0. The van der Waals surface area contributed by atoms with Gasteiger partial charge in [0.2, 0.25) is 0 Å². The number of nitrogens with one attached hydrogen (secondary N) is 1. The molecule has 1 aromatic rings. The lowest BCUT2D eigenvalue weighted by Crippen LogP contribution is -2.31. The lowest BCUT2D eigenvalue weighted by molar-refractivity contribution is 0.432. The molecule has 0 aromatic heterocycles. The minimum Gasteiger partial charge on any atom is -0.313 e. The van der Waals surface area contributed by atoms with Crippen LogP contribution in [0.2, 0.25) is 0 Å². The Morgan fingerprint density at radius 3 is 2.75 bits per heavy atom. The van der Waals surface area contributed by atoms with Gasteiger partial charge in [0.25, 0.3) is 0 Å². The third-order valence-corrected chi connectivity index (χ3v) is 4.00. The van der Waals surface area contributed by atoms with E-state index in [2.05, 4.69) is 29.6 Å². The van der Waals surface area contributed by atoms with Crippen LogP contribution in [0.15, 0.2) is 24.3 Å². The van der Waals surface area contributed by atoms with E-state index in [1.165, 1.54) is 38.6 Å². The second-order valence-electron chi connectivity index (χ2n) is 4.90. The van der Waals surface area contributed by atoms with Crippen molar-refractivity contribution in [1.29, 1.82) is 0 Å². The van der Waals surface area contributed by atoms with Gasteiger partial charge in [0.1, 0.15) is 0 Å². The first-order valence-electron chi connectivity index (χ1n) is 6.26. The van der Waals surface area contributed by atoms with Crippen LogP contribution in [-0.2, 0) is 6.42 Å². The summed E-state index contributed by atoms with van der Waals surface area (Å²) in [5.74, 6) is 0.789. The van der Waals surface area contributed by atoms with Crippen molar-refractivity contribution in [3.63, 3.8) is 0 Å². The molecular formula is C14H20ClN. The van der Waals surface area contributed by atoms with Crippen LogP contribution < -0.4 is 5.32 Å². The van der Waals surface area contributed by atoms with Crippen LogP contribution in [-0.4, -0.2) is 12.6 Å². The van der Waals surface area contributed by atoms with Gasteiger partial charge in [-0.25, -0.2) is 0 Å². The van der Waals surface area contributed by atoms with E-state index in [-0.39, 0.29) is 12.4 Å². The van der Waals surface area contributed by atoms with Crippen molar-refractivity contribution >= 4 is 12.4 Å². The predicted molar refractivity (Wildman–Crippen MR) is 70.4 cm³/mol. The minimum atomic E-state index is 0. The Balaban J connectivity index is 0.000000963. The first-order valence-corrected chi connectivity index (χ1v) is 6.26. The molecule has 1 aliphatic carbocycles. The zero-order valence-electron chi connectivity index (χ0n) is 9.61. The molecule has 2 unspecified atom stereocenters. The third kappa shape index (κ3) is 2.11. The third-order valence-electron chi connectivity index (χ3n) is 4.00. The summed E-state index contributed by atoms with van der Waals surface area (Å²) in [7, 11) is 0. The molecule has 88 valence electrons. The molecule has 1 fully saturated rings. The summed E-state index contributed by atoms with van der Waals surface area (Å²) in [6, 6.07) is 9.80. The fourth-order valence-corrected chi connectivity index (χ4v) is 3.26. The molecule has 3 rings (SSSR count). The van der Waals surface area contributed by atoms with E-state index in [9.17, 15) is 0 Å². The maximum Gasteiger partial charge on any atom is 0.0136 e. The van der Waals surface area contributed by atoms with E-state index in [1.54, 1.807) is 11.1 Å². The molecule has 0 spiro atoms. The number of aryl methyl sites for hydroxylation is 1. The lowest BCUT2D eigenvalue weighted by atomic mass is 9.78. The molecule has 1 nitrogen and oxygen atoms in total.